The molecule has 0 unspecified atom stereocenters. The van der Waals surface area contributed by atoms with Gasteiger partial charge in [-0.15, -0.1) is 0 Å². The standard InChI is InChI=1S/C14H11NO3/c15-14(17)12-3-1-2-4-13(12)18-11-7-5-10(9-16)6-8-11/h1-9H,(H2,15,17). The lowest BCUT2D eigenvalue weighted by Crippen LogP contribution is -2.11. The van der Waals surface area contributed by atoms with Gasteiger partial charge in [-0.05, 0) is 36.4 Å². The van der Waals surface area contributed by atoms with Gasteiger partial charge in [0.05, 0.1) is 5.56 Å². The van der Waals surface area contributed by atoms with E-state index < -0.39 is 5.91 Å². The molecule has 2 aromatic carbocycles. The van der Waals surface area contributed by atoms with Crippen molar-refractivity contribution in [3.63, 3.8) is 0 Å². The van der Waals surface area contributed by atoms with E-state index in [1.807, 2.05) is 0 Å². The number of amides is 1. The Hall–Kier alpha value is -2.62. The fraction of sp³-hybridized carbons (Fsp3) is 0. The molecule has 0 radical (unpaired) electrons. The summed E-state index contributed by atoms with van der Waals surface area (Å²) in [5.74, 6) is 0.383. The number of ether oxygens (including phenoxy) is 1. The van der Waals surface area contributed by atoms with Crippen molar-refractivity contribution in [3.8, 4) is 11.5 Å². The van der Waals surface area contributed by atoms with Gasteiger partial charge in [-0.3, -0.25) is 9.59 Å². The number of para-hydroxylation sites is 1. The molecule has 0 aliphatic heterocycles. The summed E-state index contributed by atoms with van der Waals surface area (Å²) in [7, 11) is 0. The topological polar surface area (TPSA) is 69.4 Å². The van der Waals surface area contributed by atoms with E-state index in [0.29, 0.717) is 22.6 Å². The van der Waals surface area contributed by atoms with Crippen LogP contribution in [-0.2, 0) is 0 Å². The number of rotatable bonds is 4. The highest BCUT2D eigenvalue weighted by molar-refractivity contribution is 5.95. The zero-order chi connectivity index (χ0) is 13.0. The van der Waals surface area contributed by atoms with E-state index in [1.54, 1.807) is 48.5 Å². The molecule has 0 saturated carbocycles. The zero-order valence-electron chi connectivity index (χ0n) is 9.50. The van der Waals surface area contributed by atoms with Crippen LogP contribution in [-0.4, -0.2) is 12.2 Å². The molecule has 4 nitrogen and oxygen atoms in total. The van der Waals surface area contributed by atoms with Gasteiger partial charge in [-0.2, -0.15) is 0 Å². The van der Waals surface area contributed by atoms with E-state index >= 15 is 0 Å². The number of nitrogens with two attached hydrogens (primary N) is 1. The number of hydrogen-bond donors (Lipinski definition) is 1. The molecule has 2 N–H and O–H groups in total. The van der Waals surface area contributed by atoms with Crippen molar-refractivity contribution in [1.82, 2.24) is 0 Å². The lowest BCUT2D eigenvalue weighted by Gasteiger charge is -2.08. The van der Waals surface area contributed by atoms with Crippen molar-refractivity contribution in [1.29, 1.82) is 0 Å². The maximum absolute atomic E-state index is 11.2. The largest absolute Gasteiger partial charge is 0.457 e. The molecule has 4 heteroatoms. The minimum atomic E-state index is -0.546. The van der Waals surface area contributed by atoms with Crippen LogP contribution in [0.1, 0.15) is 20.7 Å². The van der Waals surface area contributed by atoms with E-state index in [-0.39, 0.29) is 0 Å². The minimum Gasteiger partial charge on any atom is -0.457 e. The average Bonchev–Trinajstić information content (AvgIpc) is 2.40. The van der Waals surface area contributed by atoms with Gasteiger partial charge in [-0.25, -0.2) is 0 Å². The fourth-order valence-electron chi connectivity index (χ4n) is 1.50. The third kappa shape index (κ3) is 2.55. The summed E-state index contributed by atoms with van der Waals surface area (Å²) < 4.78 is 5.55. The molecule has 90 valence electrons. The Morgan fingerprint density at radius 3 is 2.33 bits per heavy atom. The predicted molar refractivity (Wildman–Crippen MR) is 66.9 cm³/mol. The Balaban J connectivity index is 2.28. The second kappa shape index (κ2) is 5.14. The summed E-state index contributed by atoms with van der Waals surface area (Å²) in [5.41, 5.74) is 6.13. The number of carbonyl (C=O) groups excluding carboxylic acids is 2. The van der Waals surface area contributed by atoms with E-state index in [2.05, 4.69) is 0 Å². The number of aldehydes is 1. The second-order valence-corrected chi connectivity index (χ2v) is 3.65. The predicted octanol–water partition coefficient (Wildman–Crippen LogP) is 2.39. The third-order valence-corrected chi connectivity index (χ3v) is 2.40. The number of primary amides is 1. The summed E-state index contributed by atoms with van der Waals surface area (Å²) in [6.45, 7) is 0. The van der Waals surface area contributed by atoms with E-state index in [1.165, 1.54) is 0 Å². The SMILES string of the molecule is NC(=O)c1ccccc1Oc1ccc(C=O)cc1. The van der Waals surface area contributed by atoms with Crippen LogP contribution in [0.3, 0.4) is 0 Å². The zero-order valence-corrected chi connectivity index (χ0v) is 9.50. The molecule has 0 aliphatic rings. The molecule has 0 saturated heterocycles. The maximum atomic E-state index is 11.2. The molecule has 0 heterocycles. The Morgan fingerprint density at radius 1 is 1.06 bits per heavy atom. The van der Waals surface area contributed by atoms with Gasteiger partial charge >= 0.3 is 0 Å². The van der Waals surface area contributed by atoms with Crippen molar-refractivity contribution in [2.45, 2.75) is 0 Å². The van der Waals surface area contributed by atoms with Gasteiger partial charge in [0.2, 0.25) is 0 Å². The third-order valence-electron chi connectivity index (χ3n) is 2.40. The van der Waals surface area contributed by atoms with Crippen LogP contribution in [0, 0.1) is 0 Å². The molecule has 0 aromatic heterocycles. The minimum absolute atomic E-state index is 0.317. The van der Waals surface area contributed by atoms with Crippen molar-refractivity contribution < 1.29 is 14.3 Å². The Labute approximate surface area is 104 Å². The average molecular weight is 241 g/mol. The van der Waals surface area contributed by atoms with Crippen LogP contribution in [0.4, 0.5) is 0 Å². The molecule has 0 spiro atoms. The van der Waals surface area contributed by atoms with Crippen LogP contribution in [0.2, 0.25) is 0 Å². The lowest BCUT2D eigenvalue weighted by molar-refractivity contribution is 0.0997. The van der Waals surface area contributed by atoms with Crippen molar-refractivity contribution in [2.75, 3.05) is 0 Å². The summed E-state index contributed by atoms with van der Waals surface area (Å²) >= 11 is 0. The summed E-state index contributed by atoms with van der Waals surface area (Å²) in [6.07, 6.45) is 0.751. The maximum Gasteiger partial charge on any atom is 0.252 e. The van der Waals surface area contributed by atoms with Crippen molar-refractivity contribution in [2.24, 2.45) is 5.73 Å². The smallest absolute Gasteiger partial charge is 0.252 e. The Morgan fingerprint density at radius 2 is 1.72 bits per heavy atom. The summed E-state index contributed by atoms with van der Waals surface area (Å²) in [6, 6.07) is 13.3. The molecule has 0 bridgehead atoms. The highest BCUT2D eigenvalue weighted by Gasteiger charge is 2.08. The normalized spacial score (nSPS) is 9.78. The Bertz CT molecular complexity index is 576. The van der Waals surface area contributed by atoms with Crippen LogP contribution < -0.4 is 10.5 Å². The van der Waals surface area contributed by atoms with Crippen LogP contribution in [0.5, 0.6) is 11.5 Å². The first-order valence-corrected chi connectivity index (χ1v) is 5.32. The van der Waals surface area contributed by atoms with Gasteiger partial charge in [0.1, 0.15) is 17.8 Å². The van der Waals surface area contributed by atoms with E-state index in [0.717, 1.165) is 6.29 Å². The van der Waals surface area contributed by atoms with Crippen LogP contribution in [0.15, 0.2) is 48.5 Å². The second-order valence-electron chi connectivity index (χ2n) is 3.65. The van der Waals surface area contributed by atoms with Gasteiger partial charge in [0.25, 0.3) is 5.91 Å². The molecule has 0 aliphatic carbocycles. The molecular formula is C14H11NO3. The van der Waals surface area contributed by atoms with Crippen LogP contribution in [0.25, 0.3) is 0 Å². The molecule has 0 fully saturated rings. The van der Waals surface area contributed by atoms with Gasteiger partial charge < -0.3 is 10.5 Å². The summed E-state index contributed by atoms with van der Waals surface area (Å²) in [4.78, 5) is 21.7. The molecule has 18 heavy (non-hydrogen) atoms. The Kier molecular flexibility index (Phi) is 3.38. The quantitative estimate of drug-likeness (QED) is 0.835. The number of benzene rings is 2. The summed E-state index contributed by atoms with van der Waals surface area (Å²) in [5, 5.41) is 0. The lowest BCUT2D eigenvalue weighted by atomic mass is 10.2. The fourth-order valence-corrected chi connectivity index (χ4v) is 1.50. The van der Waals surface area contributed by atoms with Gasteiger partial charge in [0, 0.05) is 5.56 Å². The van der Waals surface area contributed by atoms with Crippen molar-refractivity contribution >= 4 is 12.2 Å². The first-order valence-electron chi connectivity index (χ1n) is 5.32. The molecular weight excluding hydrogens is 230 g/mol. The number of hydrogen-bond acceptors (Lipinski definition) is 3. The van der Waals surface area contributed by atoms with Crippen molar-refractivity contribution in [3.05, 3.63) is 59.7 Å². The molecule has 1 amide bonds. The van der Waals surface area contributed by atoms with E-state index in [9.17, 15) is 9.59 Å². The monoisotopic (exact) mass is 241 g/mol. The highest BCUT2D eigenvalue weighted by atomic mass is 16.5. The molecule has 2 rings (SSSR count). The first kappa shape index (κ1) is 11.9. The highest BCUT2D eigenvalue weighted by Crippen LogP contribution is 2.24. The van der Waals surface area contributed by atoms with Gasteiger partial charge in [0.15, 0.2) is 0 Å². The first-order chi connectivity index (χ1) is 8.70. The van der Waals surface area contributed by atoms with Gasteiger partial charge in [-0.1, -0.05) is 12.1 Å². The van der Waals surface area contributed by atoms with Crippen LogP contribution >= 0.6 is 0 Å². The van der Waals surface area contributed by atoms with E-state index in [4.69, 9.17) is 10.5 Å². The number of carbonyl (C=O) groups is 2. The molecule has 2 aromatic rings. The molecule has 0 atom stereocenters.